The number of halogens is 1. The Morgan fingerprint density at radius 3 is 2.55 bits per heavy atom. The van der Waals surface area contributed by atoms with Crippen molar-refractivity contribution in [1.82, 2.24) is 19.7 Å². The van der Waals surface area contributed by atoms with Gasteiger partial charge < -0.3 is 0 Å². The van der Waals surface area contributed by atoms with Crippen LogP contribution in [0.25, 0.3) is 33.5 Å². The first-order valence-electron chi connectivity index (χ1n) is 10.6. The number of allylic oxidation sites excluding steroid dienone is 1. The van der Waals surface area contributed by atoms with Crippen molar-refractivity contribution in [2.45, 2.75) is 17.5 Å². The van der Waals surface area contributed by atoms with Gasteiger partial charge in [0.1, 0.15) is 0 Å². The first kappa shape index (κ1) is 21.9. The summed E-state index contributed by atoms with van der Waals surface area (Å²) in [7, 11) is 0. The highest BCUT2D eigenvalue weighted by Gasteiger charge is 2.18. The molecule has 4 nitrogen and oxygen atoms in total. The molecular weight excluding hydrogens is 539 g/mol. The second kappa shape index (κ2) is 9.89. The molecule has 2 aromatic heterocycles. The molecule has 0 saturated heterocycles. The molecule has 0 aliphatic rings. The fraction of sp³-hybridized carbons (Fsp3) is 0.0741. The van der Waals surface area contributed by atoms with Crippen molar-refractivity contribution >= 4 is 45.3 Å². The molecule has 6 heteroatoms. The van der Waals surface area contributed by atoms with Crippen molar-refractivity contribution < 1.29 is 0 Å². The zero-order valence-corrected chi connectivity index (χ0v) is 20.8. The summed E-state index contributed by atoms with van der Waals surface area (Å²) in [5.41, 5.74) is 5.23. The Hall–Kier alpha value is -2.97. The van der Waals surface area contributed by atoms with Crippen LogP contribution in [0.15, 0.2) is 103 Å². The van der Waals surface area contributed by atoms with Gasteiger partial charge in [-0.2, -0.15) is 0 Å². The van der Waals surface area contributed by atoms with Crippen LogP contribution in [-0.2, 0) is 12.3 Å². The van der Waals surface area contributed by atoms with Crippen LogP contribution in [0, 0.1) is 3.57 Å². The number of aromatic nitrogens is 4. The van der Waals surface area contributed by atoms with E-state index in [0.717, 1.165) is 44.5 Å². The smallest absolute Gasteiger partial charge is 0.192 e. The molecule has 5 aromatic rings. The van der Waals surface area contributed by atoms with Gasteiger partial charge in [-0.3, -0.25) is 4.57 Å². The molecule has 2 heterocycles. The number of benzene rings is 3. The molecule has 0 spiro atoms. The van der Waals surface area contributed by atoms with E-state index in [9.17, 15) is 0 Å². The number of hydrogen-bond acceptors (Lipinski definition) is 4. The molecule has 33 heavy (non-hydrogen) atoms. The quantitative estimate of drug-likeness (QED) is 0.120. The second-order valence-electron chi connectivity index (χ2n) is 7.56. The van der Waals surface area contributed by atoms with Gasteiger partial charge in [0.25, 0.3) is 0 Å². The highest BCUT2D eigenvalue weighted by molar-refractivity contribution is 14.1. The third-order valence-corrected chi connectivity index (χ3v) is 7.02. The summed E-state index contributed by atoms with van der Waals surface area (Å²) < 4.78 is 3.37. The van der Waals surface area contributed by atoms with Crippen LogP contribution in [0.2, 0.25) is 0 Å². The summed E-state index contributed by atoms with van der Waals surface area (Å²) in [5, 5.41) is 11.1. The summed E-state index contributed by atoms with van der Waals surface area (Å²) in [5.74, 6) is 1.66. The highest BCUT2D eigenvalue weighted by atomic mass is 127. The van der Waals surface area contributed by atoms with Gasteiger partial charge in [0.15, 0.2) is 11.0 Å². The average Bonchev–Trinajstić information content (AvgIpc) is 3.25. The molecule has 0 unspecified atom stereocenters. The van der Waals surface area contributed by atoms with E-state index >= 15 is 0 Å². The molecule has 0 aliphatic heterocycles. The molecule has 0 radical (unpaired) electrons. The molecule has 0 bridgehead atoms. The predicted molar refractivity (Wildman–Crippen MR) is 145 cm³/mol. The van der Waals surface area contributed by atoms with E-state index in [2.05, 4.69) is 92.5 Å². The maximum absolute atomic E-state index is 4.91. The third kappa shape index (κ3) is 4.72. The molecule has 162 valence electrons. The van der Waals surface area contributed by atoms with Crippen molar-refractivity contribution in [1.29, 1.82) is 0 Å². The number of para-hydroxylation sites is 1. The zero-order chi connectivity index (χ0) is 22.6. The van der Waals surface area contributed by atoms with E-state index in [-0.39, 0.29) is 0 Å². The lowest BCUT2D eigenvalue weighted by atomic mass is 10.0. The van der Waals surface area contributed by atoms with Gasteiger partial charge in [-0.15, -0.1) is 16.8 Å². The maximum Gasteiger partial charge on any atom is 0.192 e. The van der Waals surface area contributed by atoms with E-state index in [1.54, 1.807) is 11.8 Å². The van der Waals surface area contributed by atoms with Gasteiger partial charge in [0.2, 0.25) is 0 Å². The van der Waals surface area contributed by atoms with Crippen molar-refractivity contribution in [2.75, 3.05) is 0 Å². The van der Waals surface area contributed by atoms with Crippen LogP contribution in [0.1, 0.15) is 5.56 Å². The molecule has 5 rings (SSSR count). The lowest BCUT2D eigenvalue weighted by molar-refractivity contribution is 0.731. The zero-order valence-electron chi connectivity index (χ0n) is 17.9. The fourth-order valence-electron chi connectivity index (χ4n) is 3.78. The van der Waals surface area contributed by atoms with E-state index in [0.29, 0.717) is 6.54 Å². The Labute approximate surface area is 210 Å². The number of pyridine rings is 1. The first-order chi connectivity index (χ1) is 16.2. The van der Waals surface area contributed by atoms with Gasteiger partial charge in [-0.05, 0) is 52.4 Å². The van der Waals surface area contributed by atoms with Crippen LogP contribution in [0.3, 0.4) is 0 Å². The minimum Gasteiger partial charge on any atom is -0.298 e. The van der Waals surface area contributed by atoms with Gasteiger partial charge in [0, 0.05) is 32.4 Å². The number of nitrogens with zero attached hydrogens (tertiary/aromatic N) is 4. The van der Waals surface area contributed by atoms with Crippen LogP contribution in [-0.4, -0.2) is 19.7 Å². The Balaban J connectivity index is 1.60. The molecule has 0 saturated carbocycles. The second-order valence-corrected chi connectivity index (χ2v) is 9.75. The monoisotopic (exact) mass is 560 g/mol. The molecule has 3 aromatic carbocycles. The van der Waals surface area contributed by atoms with Crippen LogP contribution in [0.5, 0.6) is 0 Å². The topological polar surface area (TPSA) is 43.6 Å². The normalized spacial score (nSPS) is 11.1. The summed E-state index contributed by atoms with van der Waals surface area (Å²) in [6, 6.07) is 29.1. The fourth-order valence-corrected chi connectivity index (χ4v) is 5.28. The largest absolute Gasteiger partial charge is 0.298 e. The molecule has 0 amide bonds. The number of rotatable bonds is 7. The van der Waals surface area contributed by atoms with E-state index in [1.165, 1.54) is 9.13 Å². The average molecular weight is 560 g/mol. The maximum atomic E-state index is 4.91. The molecular formula is C27H21IN4S. The van der Waals surface area contributed by atoms with Crippen molar-refractivity contribution in [2.24, 2.45) is 0 Å². The Morgan fingerprint density at radius 2 is 1.73 bits per heavy atom. The summed E-state index contributed by atoms with van der Waals surface area (Å²) in [6.07, 6.45) is 1.89. The van der Waals surface area contributed by atoms with Crippen molar-refractivity contribution in [3.8, 4) is 22.6 Å². The SMILES string of the molecule is C=CCn1c(SCc2cccc(I)c2)nnc1-c1cc(-c2ccccc2)nc2ccccc12. The molecule has 0 atom stereocenters. The minimum atomic E-state index is 0.633. The number of fused-ring (bicyclic) bond motifs is 1. The van der Waals surface area contributed by atoms with E-state index in [1.807, 2.05) is 42.5 Å². The van der Waals surface area contributed by atoms with Gasteiger partial charge in [-0.1, -0.05) is 78.5 Å². The minimum absolute atomic E-state index is 0.633. The van der Waals surface area contributed by atoms with Gasteiger partial charge in [-0.25, -0.2) is 4.98 Å². The Morgan fingerprint density at radius 1 is 0.909 bits per heavy atom. The summed E-state index contributed by atoms with van der Waals surface area (Å²) in [4.78, 5) is 4.91. The van der Waals surface area contributed by atoms with Crippen molar-refractivity contribution in [3.63, 3.8) is 0 Å². The van der Waals surface area contributed by atoms with Crippen LogP contribution in [0.4, 0.5) is 0 Å². The predicted octanol–water partition coefficient (Wildman–Crippen LogP) is 7.24. The van der Waals surface area contributed by atoms with Gasteiger partial charge in [0.05, 0.1) is 11.2 Å². The highest BCUT2D eigenvalue weighted by Crippen LogP contribution is 2.33. The number of thioether (sulfide) groups is 1. The Bertz CT molecular complexity index is 1430. The Kier molecular flexibility index (Phi) is 6.55. The van der Waals surface area contributed by atoms with E-state index < -0.39 is 0 Å². The van der Waals surface area contributed by atoms with Crippen molar-refractivity contribution in [3.05, 3.63) is 107 Å². The van der Waals surface area contributed by atoms with Gasteiger partial charge >= 0.3 is 0 Å². The summed E-state index contributed by atoms with van der Waals surface area (Å²) >= 11 is 4.04. The third-order valence-electron chi connectivity index (χ3n) is 5.31. The lowest BCUT2D eigenvalue weighted by Crippen LogP contribution is -2.02. The first-order valence-corrected chi connectivity index (χ1v) is 12.7. The molecule has 0 N–H and O–H groups in total. The molecule has 0 aliphatic carbocycles. The summed E-state index contributed by atoms with van der Waals surface area (Å²) in [6.45, 7) is 4.60. The lowest BCUT2D eigenvalue weighted by Gasteiger charge is -2.12. The molecule has 0 fully saturated rings. The van der Waals surface area contributed by atoms with Crippen LogP contribution < -0.4 is 0 Å². The standard InChI is InChI=1S/C27H21IN4S/c1-2-15-32-26(30-31-27(32)33-18-19-9-8-12-21(28)16-19)23-17-25(20-10-4-3-5-11-20)29-24-14-7-6-13-22(23)24/h2-14,16-17H,1,15,18H2. The van der Waals surface area contributed by atoms with E-state index in [4.69, 9.17) is 4.98 Å². The number of hydrogen-bond donors (Lipinski definition) is 0. The van der Waals surface area contributed by atoms with Crippen LogP contribution >= 0.6 is 34.4 Å².